The maximum absolute atomic E-state index is 12.3. The number of thioether (sulfide) groups is 1. The van der Waals surface area contributed by atoms with E-state index in [0.717, 1.165) is 42.3 Å². The molecule has 4 aromatic rings. The normalized spacial score (nSPS) is 11.1. The quantitative estimate of drug-likeness (QED) is 0.292. The minimum absolute atomic E-state index is 0.129. The Morgan fingerprint density at radius 3 is 2.79 bits per heavy atom. The van der Waals surface area contributed by atoms with Gasteiger partial charge in [-0.2, -0.15) is 0 Å². The first kappa shape index (κ1) is 19.4. The van der Waals surface area contributed by atoms with E-state index in [2.05, 4.69) is 58.9 Å². The summed E-state index contributed by atoms with van der Waals surface area (Å²) in [6.07, 6.45) is 2.35. The maximum atomic E-state index is 12.3. The van der Waals surface area contributed by atoms with Crippen LogP contribution in [-0.4, -0.2) is 31.8 Å². The van der Waals surface area contributed by atoms with E-state index >= 15 is 0 Å². The Kier molecular flexibility index (Phi) is 6.00. The number of fused-ring (bicyclic) bond motifs is 1. The minimum atomic E-state index is -0.129. The van der Waals surface area contributed by atoms with Gasteiger partial charge in [0.15, 0.2) is 0 Å². The zero-order valence-electron chi connectivity index (χ0n) is 14.7. The van der Waals surface area contributed by atoms with Crippen LogP contribution in [0.2, 0.25) is 0 Å². The van der Waals surface area contributed by atoms with Crippen LogP contribution >= 0.6 is 50.4 Å². The largest absolute Gasteiger partial charge is 0.300 e. The number of carbonyl (C=O) groups excluding carboxylic acids is 1. The van der Waals surface area contributed by atoms with E-state index in [1.807, 2.05) is 19.1 Å². The van der Waals surface area contributed by atoms with E-state index in [-0.39, 0.29) is 11.7 Å². The highest BCUT2D eigenvalue weighted by Crippen LogP contribution is 2.38. The number of amides is 1. The van der Waals surface area contributed by atoms with Crippen molar-refractivity contribution in [2.24, 2.45) is 0 Å². The van der Waals surface area contributed by atoms with Crippen molar-refractivity contribution in [2.75, 3.05) is 11.1 Å². The van der Waals surface area contributed by atoms with Crippen molar-refractivity contribution in [1.29, 1.82) is 0 Å². The van der Waals surface area contributed by atoms with Crippen molar-refractivity contribution >= 4 is 71.6 Å². The van der Waals surface area contributed by atoms with Crippen molar-refractivity contribution in [2.45, 2.75) is 18.4 Å². The number of rotatable bonds is 6. The van der Waals surface area contributed by atoms with Gasteiger partial charge >= 0.3 is 0 Å². The van der Waals surface area contributed by atoms with Crippen LogP contribution in [0.3, 0.4) is 0 Å². The standard InChI is InChI=1S/C18H14BrN5OS3/c1-2-14-23-24-18(28-14)22-13(25)8-27-17-15-12(7-26-16(15)20-9-21-17)10-3-5-11(19)6-4-10/h3-7,9H,2,8H2,1H3,(H,22,24,25). The minimum Gasteiger partial charge on any atom is -0.300 e. The summed E-state index contributed by atoms with van der Waals surface area (Å²) in [5, 5.41) is 16.1. The molecule has 0 aliphatic heterocycles. The van der Waals surface area contributed by atoms with Crippen LogP contribution in [-0.2, 0) is 11.2 Å². The van der Waals surface area contributed by atoms with Gasteiger partial charge in [0.1, 0.15) is 21.2 Å². The van der Waals surface area contributed by atoms with E-state index in [4.69, 9.17) is 0 Å². The van der Waals surface area contributed by atoms with Gasteiger partial charge in [0, 0.05) is 15.4 Å². The number of benzene rings is 1. The molecule has 0 spiro atoms. The molecule has 1 amide bonds. The van der Waals surface area contributed by atoms with E-state index in [0.29, 0.717) is 5.13 Å². The molecule has 0 aliphatic rings. The Morgan fingerprint density at radius 1 is 1.21 bits per heavy atom. The third-order valence-electron chi connectivity index (χ3n) is 3.85. The van der Waals surface area contributed by atoms with Crippen LogP contribution in [0.5, 0.6) is 0 Å². The molecule has 10 heteroatoms. The predicted molar refractivity (Wildman–Crippen MR) is 119 cm³/mol. The molecule has 28 heavy (non-hydrogen) atoms. The van der Waals surface area contributed by atoms with Gasteiger partial charge in [-0.15, -0.1) is 21.5 Å². The highest BCUT2D eigenvalue weighted by atomic mass is 79.9. The highest BCUT2D eigenvalue weighted by molar-refractivity contribution is 9.10. The molecule has 0 bridgehead atoms. The van der Waals surface area contributed by atoms with Gasteiger partial charge in [0.05, 0.1) is 11.1 Å². The Balaban J connectivity index is 1.54. The Bertz CT molecular complexity index is 1130. The zero-order chi connectivity index (χ0) is 19.5. The number of thiophene rings is 1. The summed E-state index contributed by atoms with van der Waals surface area (Å²) in [4.78, 5) is 22.0. The summed E-state index contributed by atoms with van der Waals surface area (Å²) in [6.45, 7) is 2.01. The number of aromatic nitrogens is 4. The molecule has 0 fully saturated rings. The summed E-state index contributed by atoms with van der Waals surface area (Å²) in [6, 6.07) is 8.13. The average Bonchev–Trinajstić information content (AvgIpc) is 3.34. The topological polar surface area (TPSA) is 80.7 Å². The fraction of sp³-hybridized carbons (Fsp3) is 0.167. The summed E-state index contributed by atoms with van der Waals surface area (Å²) >= 11 is 7.84. The van der Waals surface area contributed by atoms with Gasteiger partial charge in [-0.25, -0.2) is 9.97 Å². The molecule has 3 aromatic heterocycles. The molecular formula is C18H14BrN5OS3. The van der Waals surface area contributed by atoms with Gasteiger partial charge < -0.3 is 0 Å². The second-order valence-corrected chi connectivity index (χ2v) is 9.51. The molecule has 142 valence electrons. The van der Waals surface area contributed by atoms with Crippen molar-refractivity contribution in [3.8, 4) is 11.1 Å². The van der Waals surface area contributed by atoms with Gasteiger partial charge in [-0.1, -0.05) is 58.1 Å². The maximum Gasteiger partial charge on any atom is 0.236 e. The second kappa shape index (κ2) is 8.64. The molecular weight excluding hydrogens is 478 g/mol. The van der Waals surface area contributed by atoms with Crippen LogP contribution in [0.25, 0.3) is 21.3 Å². The first-order valence-electron chi connectivity index (χ1n) is 8.37. The van der Waals surface area contributed by atoms with Crippen LogP contribution in [0, 0.1) is 0 Å². The highest BCUT2D eigenvalue weighted by Gasteiger charge is 2.15. The van der Waals surface area contributed by atoms with Gasteiger partial charge in [-0.05, 0) is 24.1 Å². The molecule has 4 rings (SSSR count). The summed E-state index contributed by atoms with van der Waals surface area (Å²) in [5.74, 6) is 0.110. The first-order valence-corrected chi connectivity index (χ1v) is 11.8. The van der Waals surface area contributed by atoms with Crippen LogP contribution in [0.1, 0.15) is 11.9 Å². The number of hydrogen-bond acceptors (Lipinski definition) is 8. The predicted octanol–water partition coefficient (Wildman–Crippen LogP) is 5.27. The number of anilines is 1. The number of halogens is 1. The molecule has 1 aromatic carbocycles. The number of carbonyl (C=O) groups is 1. The van der Waals surface area contributed by atoms with Crippen molar-refractivity contribution < 1.29 is 4.79 Å². The number of nitrogens with zero attached hydrogens (tertiary/aromatic N) is 4. The fourth-order valence-electron chi connectivity index (χ4n) is 2.54. The van der Waals surface area contributed by atoms with Gasteiger partial charge in [-0.3, -0.25) is 10.1 Å². The van der Waals surface area contributed by atoms with Gasteiger partial charge in [0.25, 0.3) is 0 Å². The summed E-state index contributed by atoms with van der Waals surface area (Å²) in [5.41, 5.74) is 2.17. The Labute approximate surface area is 182 Å². The summed E-state index contributed by atoms with van der Waals surface area (Å²) in [7, 11) is 0. The zero-order valence-corrected chi connectivity index (χ0v) is 18.7. The molecule has 1 N–H and O–H groups in total. The SMILES string of the molecule is CCc1nnc(NC(=O)CSc2ncnc3scc(-c4ccc(Br)cc4)c23)s1. The van der Waals surface area contributed by atoms with Crippen LogP contribution < -0.4 is 5.32 Å². The number of aryl methyl sites for hydroxylation is 1. The van der Waals surface area contributed by atoms with E-state index in [9.17, 15) is 4.79 Å². The van der Waals surface area contributed by atoms with Crippen molar-refractivity contribution in [1.82, 2.24) is 20.2 Å². The third-order valence-corrected chi connectivity index (χ3v) is 7.23. The fourth-order valence-corrected chi connectivity index (χ4v) is 5.29. The van der Waals surface area contributed by atoms with Crippen molar-refractivity contribution in [3.05, 3.63) is 45.5 Å². The Hall–Kier alpha value is -1.88. The van der Waals surface area contributed by atoms with Crippen LogP contribution in [0.4, 0.5) is 5.13 Å². The lowest BCUT2D eigenvalue weighted by molar-refractivity contribution is -0.113. The smallest absolute Gasteiger partial charge is 0.236 e. The molecule has 3 heterocycles. The van der Waals surface area contributed by atoms with E-state index in [1.54, 1.807) is 17.7 Å². The van der Waals surface area contributed by atoms with E-state index in [1.165, 1.54) is 23.1 Å². The molecule has 0 unspecified atom stereocenters. The molecule has 0 radical (unpaired) electrons. The first-order chi connectivity index (χ1) is 13.6. The monoisotopic (exact) mass is 491 g/mol. The molecule has 0 saturated carbocycles. The lowest BCUT2D eigenvalue weighted by atomic mass is 10.1. The Morgan fingerprint density at radius 2 is 2.04 bits per heavy atom. The van der Waals surface area contributed by atoms with Crippen LogP contribution in [0.15, 0.2) is 45.5 Å². The average molecular weight is 492 g/mol. The van der Waals surface area contributed by atoms with Crippen molar-refractivity contribution in [3.63, 3.8) is 0 Å². The third kappa shape index (κ3) is 4.24. The lowest BCUT2D eigenvalue weighted by Crippen LogP contribution is -2.14. The second-order valence-electron chi connectivity index (χ2n) is 5.71. The molecule has 0 saturated heterocycles. The summed E-state index contributed by atoms with van der Waals surface area (Å²) < 4.78 is 1.03. The molecule has 0 aliphatic carbocycles. The van der Waals surface area contributed by atoms with Gasteiger partial charge in [0.2, 0.25) is 11.0 Å². The van der Waals surface area contributed by atoms with E-state index < -0.39 is 0 Å². The molecule has 0 atom stereocenters. The molecule has 6 nitrogen and oxygen atoms in total. The number of hydrogen-bond donors (Lipinski definition) is 1. The number of nitrogens with one attached hydrogen (secondary N) is 1. The lowest BCUT2D eigenvalue weighted by Gasteiger charge is -2.05.